The van der Waals surface area contributed by atoms with Crippen molar-refractivity contribution >= 4 is 23.6 Å². The molecule has 0 fully saturated rings. The van der Waals surface area contributed by atoms with Gasteiger partial charge < -0.3 is 10.1 Å². The predicted octanol–water partition coefficient (Wildman–Crippen LogP) is 2.76. The van der Waals surface area contributed by atoms with Crippen molar-refractivity contribution in [3.8, 4) is 0 Å². The van der Waals surface area contributed by atoms with E-state index in [0.717, 1.165) is 17.0 Å². The van der Waals surface area contributed by atoms with Gasteiger partial charge in [0, 0.05) is 30.1 Å². The number of halogens is 1. The topological polar surface area (TPSA) is 73.2 Å². The summed E-state index contributed by atoms with van der Waals surface area (Å²) in [7, 11) is 1.82. The molecule has 1 atom stereocenters. The number of ether oxygens (including phenoxy) is 1. The third-order valence-electron chi connectivity index (χ3n) is 3.72. The summed E-state index contributed by atoms with van der Waals surface area (Å²) in [5, 5.41) is 6.80. The Labute approximate surface area is 145 Å². The summed E-state index contributed by atoms with van der Waals surface area (Å²) in [6.07, 6.45) is 1.89. The maximum Gasteiger partial charge on any atom is 0.331 e. The molecule has 7 heteroatoms. The number of hydrogen-bond donors (Lipinski definition) is 1. The summed E-state index contributed by atoms with van der Waals surface area (Å²) in [5.41, 5.74) is 2.98. The number of aromatic nitrogens is 2. The lowest BCUT2D eigenvalue weighted by Gasteiger charge is -2.12. The van der Waals surface area contributed by atoms with E-state index in [2.05, 4.69) is 10.4 Å². The zero-order valence-electron chi connectivity index (χ0n) is 14.5. The number of esters is 1. The molecule has 0 aliphatic heterocycles. The van der Waals surface area contributed by atoms with Crippen molar-refractivity contribution in [3.05, 3.63) is 53.1 Å². The van der Waals surface area contributed by atoms with Crippen molar-refractivity contribution in [2.45, 2.75) is 26.9 Å². The molecule has 0 saturated carbocycles. The molecule has 1 aromatic carbocycles. The molecule has 0 radical (unpaired) electrons. The van der Waals surface area contributed by atoms with Crippen LogP contribution in [0.15, 0.2) is 30.3 Å². The van der Waals surface area contributed by atoms with Crippen LogP contribution in [0.3, 0.4) is 0 Å². The minimum atomic E-state index is -0.988. The normalized spacial score (nSPS) is 12.2. The quantitative estimate of drug-likeness (QED) is 0.668. The van der Waals surface area contributed by atoms with Crippen LogP contribution in [0, 0.1) is 19.7 Å². The summed E-state index contributed by atoms with van der Waals surface area (Å²) in [5.74, 6) is -1.53. The number of nitrogens with one attached hydrogen (secondary N) is 1. The molecule has 0 aliphatic rings. The van der Waals surface area contributed by atoms with Crippen molar-refractivity contribution in [1.82, 2.24) is 9.78 Å². The minimum absolute atomic E-state index is 0.399. The number of carbonyl (C=O) groups excluding carboxylic acids is 2. The molecule has 2 aromatic rings. The highest BCUT2D eigenvalue weighted by Gasteiger charge is 2.17. The van der Waals surface area contributed by atoms with Crippen molar-refractivity contribution in [2.75, 3.05) is 5.32 Å². The van der Waals surface area contributed by atoms with Gasteiger partial charge in [0.2, 0.25) is 0 Å². The molecule has 132 valence electrons. The van der Waals surface area contributed by atoms with E-state index in [1.54, 1.807) is 10.8 Å². The van der Waals surface area contributed by atoms with Gasteiger partial charge in [-0.1, -0.05) is 0 Å². The van der Waals surface area contributed by atoms with Gasteiger partial charge in [-0.15, -0.1) is 0 Å². The van der Waals surface area contributed by atoms with Crippen LogP contribution in [0.5, 0.6) is 0 Å². The first-order valence-electron chi connectivity index (χ1n) is 7.73. The highest BCUT2D eigenvalue weighted by Crippen LogP contribution is 2.14. The fourth-order valence-electron chi connectivity index (χ4n) is 2.23. The maximum atomic E-state index is 12.8. The van der Waals surface area contributed by atoms with E-state index >= 15 is 0 Å². The Kier molecular flexibility index (Phi) is 5.69. The Morgan fingerprint density at radius 1 is 1.28 bits per heavy atom. The molecule has 1 N–H and O–H groups in total. The number of carbonyl (C=O) groups is 2. The Morgan fingerprint density at radius 2 is 1.92 bits per heavy atom. The number of rotatable bonds is 5. The van der Waals surface area contributed by atoms with Gasteiger partial charge in [-0.25, -0.2) is 9.18 Å². The molecule has 0 bridgehead atoms. The number of hydrogen-bond acceptors (Lipinski definition) is 4. The average Bonchev–Trinajstić information content (AvgIpc) is 2.80. The van der Waals surface area contributed by atoms with E-state index in [1.807, 2.05) is 20.9 Å². The molecule has 0 saturated heterocycles. The Bertz CT molecular complexity index is 810. The van der Waals surface area contributed by atoms with E-state index in [-0.39, 0.29) is 0 Å². The smallest absolute Gasteiger partial charge is 0.331 e. The molecule has 0 unspecified atom stereocenters. The van der Waals surface area contributed by atoms with Crippen LogP contribution >= 0.6 is 0 Å². The van der Waals surface area contributed by atoms with Crippen LogP contribution in [0.1, 0.15) is 23.9 Å². The fraction of sp³-hybridized carbons (Fsp3) is 0.278. The lowest BCUT2D eigenvalue weighted by Crippen LogP contribution is -2.29. The second-order valence-electron chi connectivity index (χ2n) is 5.62. The van der Waals surface area contributed by atoms with Gasteiger partial charge in [-0.2, -0.15) is 5.10 Å². The summed E-state index contributed by atoms with van der Waals surface area (Å²) >= 11 is 0. The summed E-state index contributed by atoms with van der Waals surface area (Å²) in [4.78, 5) is 23.9. The molecule has 1 heterocycles. The van der Waals surface area contributed by atoms with Crippen LogP contribution in [-0.2, 0) is 21.4 Å². The highest BCUT2D eigenvalue weighted by atomic mass is 19.1. The first kappa shape index (κ1) is 18.4. The van der Waals surface area contributed by atoms with E-state index in [1.165, 1.54) is 37.3 Å². The highest BCUT2D eigenvalue weighted by molar-refractivity contribution is 5.96. The number of amides is 1. The van der Waals surface area contributed by atoms with Gasteiger partial charge in [0.05, 0.1) is 5.69 Å². The van der Waals surface area contributed by atoms with Gasteiger partial charge in [0.15, 0.2) is 6.10 Å². The third kappa shape index (κ3) is 4.76. The van der Waals surface area contributed by atoms with Crippen LogP contribution in [0.2, 0.25) is 0 Å². The van der Waals surface area contributed by atoms with Gasteiger partial charge in [0.25, 0.3) is 5.91 Å². The van der Waals surface area contributed by atoms with E-state index < -0.39 is 23.8 Å². The molecular formula is C18H20FN3O3. The zero-order valence-corrected chi connectivity index (χ0v) is 14.5. The Morgan fingerprint density at radius 3 is 2.48 bits per heavy atom. The van der Waals surface area contributed by atoms with Crippen molar-refractivity contribution in [2.24, 2.45) is 7.05 Å². The molecule has 0 aliphatic carbocycles. The monoisotopic (exact) mass is 345 g/mol. The molecule has 0 spiro atoms. The lowest BCUT2D eigenvalue weighted by atomic mass is 10.2. The van der Waals surface area contributed by atoms with Crippen molar-refractivity contribution in [1.29, 1.82) is 0 Å². The summed E-state index contributed by atoms with van der Waals surface area (Å²) in [6, 6.07) is 5.31. The minimum Gasteiger partial charge on any atom is -0.449 e. The first-order valence-corrected chi connectivity index (χ1v) is 7.73. The van der Waals surface area contributed by atoms with E-state index in [0.29, 0.717) is 5.69 Å². The second-order valence-corrected chi connectivity index (χ2v) is 5.62. The SMILES string of the molecule is Cc1nn(C)c(C)c1/C=C/C(=O)O[C@H](C)C(=O)Nc1ccc(F)cc1. The number of aryl methyl sites for hydroxylation is 2. The van der Waals surface area contributed by atoms with Gasteiger partial charge in [-0.3, -0.25) is 9.48 Å². The second kappa shape index (κ2) is 7.74. The molecule has 2 rings (SSSR count). The summed E-state index contributed by atoms with van der Waals surface area (Å²) < 4.78 is 19.6. The number of nitrogens with zero attached hydrogens (tertiary/aromatic N) is 2. The molecular weight excluding hydrogens is 325 g/mol. The maximum absolute atomic E-state index is 12.8. The lowest BCUT2D eigenvalue weighted by molar-refractivity contribution is -0.148. The Balaban J connectivity index is 1.93. The fourth-order valence-corrected chi connectivity index (χ4v) is 2.23. The van der Waals surface area contributed by atoms with Gasteiger partial charge >= 0.3 is 5.97 Å². The average molecular weight is 345 g/mol. The predicted molar refractivity (Wildman–Crippen MR) is 92.3 cm³/mol. The van der Waals surface area contributed by atoms with E-state index in [4.69, 9.17) is 4.74 Å². The van der Waals surface area contributed by atoms with Crippen LogP contribution < -0.4 is 5.32 Å². The zero-order chi connectivity index (χ0) is 18.6. The molecule has 25 heavy (non-hydrogen) atoms. The standard InChI is InChI=1S/C18H20FN3O3/c1-11-16(12(2)22(4)21-11)9-10-17(23)25-13(3)18(24)20-15-7-5-14(19)6-8-15/h5-10,13H,1-4H3,(H,20,24)/b10-9+/t13-/m1/s1. The summed E-state index contributed by atoms with van der Waals surface area (Å²) in [6.45, 7) is 5.20. The van der Waals surface area contributed by atoms with E-state index in [9.17, 15) is 14.0 Å². The van der Waals surface area contributed by atoms with Crippen molar-refractivity contribution < 1.29 is 18.7 Å². The first-order chi connectivity index (χ1) is 11.8. The van der Waals surface area contributed by atoms with Crippen LogP contribution in [0.25, 0.3) is 6.08 Å². The van der Waals surface area contributed by atoms with Gasteiger partial charge in [-0.05, 0) is 51.1 Å². The van der Waals surface area contributed by atoms with Crippen LogP contribution in [0.4, 0.5) is 10.1 Å². The molecule has 1 amide bonds. The third-order valence-corrected chi connectivity index (χ3v) is 3.72. The van der Waals surface area contributed by atoms with Crippen LogP contribution in [-0.4, -0.2) is 27.8 Å². The molecule has 1 aromatic heterocycles. The molecule has 6 nitrogen and oxygen atoms in total. The van der Waals surface area contributed by atoms with Gasteiger partial charge in [0.1, 0.15) is 5.82 Å². The van der Waals surface area contributed by atoms with Crippen molar-refractivity contribution in [3.63, 3.8) is 0 Å². The number of benzene rings is 1. The largest absolute Gasteiger partial charge is 0.449 e. The number of anilines is 1. The Hall–Kier alpha value is -2.96.